The zero-order valence-electron chi connectivity index (χ0n) is 29.2. The highest BCUT2D eigenvalue weighted by atomic mass is 32.1. The number of thiazole rings is 1. The van der Waals surface area contributed by atoms with Crippen molar-refractivity contribution < 1.29 is 24.2 Å². The third-order valence-corrected chi connectivity index (χ3v) is 9.49. The van der Waals surface area contributed by atoms with Gasteiger partial charge in [-0.2, -0.15) is 0 Å². The summed E-state index contributed by atoms with van der Waals surface area (Å²) in [7, 11) is 0. The molecule has 4 atom stereocenters. The molecule has 0 saturated heterocycles. The molecular weight excluding hydrogens is 651 g/mol. The van der Waals surface area contributed by atoms with E-state index in [0.29, 0.717) is 25.2 Å². The van der Waals surface area contributed by atoms with E-state index in [4.69, 9.17) is 4.74 Å². The van der Waals surface area contributed by atoms with Crippen LogP contribution >= 0.6 is 11.3 Å². The summed E-state index contributed by atoms with van der Waals surface area (Å²) in [5, 5.41) is 23.6. The Kier molecular flexibility index (Phi) is 14.9. The zero-order valence-corrected chi connectivity index (χ0v) is 30.1. The molecule has 0 aliphatic rings. The molecule has 10 nitrogen and oxygen atoms in total. The summed E-state index contributed by atoms with van der Waals surface area (Å²) >= 11 is 1.59. The van der Waals surface area contributed by atoms with Crippen molar-refractivity contribution >= 4 is 29.2 Å². The normalized spacial score (nSPS) is 13.7. The number of ether oxygens (including phenoxy) is 1. The number of carbonyl (C=O) groups excluding carboxylic acids is 3. The van der Waals surface area contributed by atoms with Gasteiger partial charge in [0.25, 0.3) is 0 Å². The Bertz CT molecular complexity index is 1620. The van der Waals surface area contributed by atoms with Crippen molar-refractivity contribution in [2.45, 2.75) is 96.6 Å². The number of hydrogen-bond donors (Lipinski definition) is 4. The Balaban J connectivity index is 1.45. The highest BCUT2D eigenvalue weighted by Crippen LogP contribution is 2.20. The molecule has 0 unspecified atom stereocenters. The van der Waals surface area contributed by atoms with Crippen LogP contribution in [0.1, 0.15) is 73.8 Å². The van der Waals surface area contributed by atoms with Gasteiger partial charge in [0.15, 0.2) is 0 Å². The SMILES string of the molecule is CC(C)c1nc(CCC(=O)N[C@H](C(=O)N[C@@H](Cc2ccccc2)C[C@H](O)[C@H](Cc2ccccc2)NC(=O)OCc2cccnc2)C(C)C)cs1. The van der Waals surface area contributed by atoms with E-state index in [1.807, 2.05) is 86.0 Å². The molecule has 0 aliphatic heterocycles. The van der Waals surface area contributed by atoms with Crippen LogP contribution in [0, 0.1) is 5.92 Å². The van der Waals surface area contributed by atoms with Crippen molar-refractivity contribution in [2.75, 3.05) is 0 Å². The quantitative estimate of drug-likeness (QED) is 0.104. The fourth-order valence-corrected chi connectivity index (χ4v) is 6.41. The molecule has 0 spiro atoms. The molecule has 0 fully saturated rings. The third-order valence-electron chi connectivity index (χ3n) is 8.29. The van der Waals surface area contributed by atoms with Crippen LogP contribution in [-0.4, -0.2) is 57.2 Å². The van der Waals surface area contributed by atoms with E-state index >= 15 is 0 Å². The monoisotopic (exact) mass is 699 g/mol. The van der Waals surface area contributed by atoms with Crippen molar-refractivity contribution in [3.63, 3.8) is 0 Å². The zero-order chi connectivity index (χ0) is 35.9. The number of nitrogens with one attached hydrogen (secondary N) is 3. The van der Waals surface area contributed by atoms with Gasteiger partial charge >= 0.3 is 6.09 Å². The molecular formula is C39H49N5O5S. The van der Waals surface area contributed by atoms with E-state index in [1.54, 1.807) is 29.8 Å². The minimum Gasteiger partial charge on any atom is -0.445 e. The first-order valence-corrected chi connectivity index (χ1v) is 18.1. The number of rotatable bonds is 18. The summed E-state index contributed by atoms with van der Waals surface area (Å²) in [4.78, 5) is 48.4. The fraction of sp³-hybridized carbons (Fsp3) is 0.410. The number of hydrogen-bond acceptors (Lipinski definition) is 8. The van der Waals surface area contributed by atoms with E-state index in [-0.39, 0.29) is 37.2 Å². The van der Waals surface area contributed by atoms with Crippen LogP contribution in [0.2, 0.25) is 0 Å². The topological polar surface area (TPSA) is 143 Å². The molecule has 50 heavy (non-hydrogen) atoms. The van der Waals surface area contributed by atoms with Crippen molar-refractivity contribution in [2.24, 2.45) is 5.92 Å². The minimum absolute atomic E-state index is 0.0333. The first-order chi connectivity index (χ1) is 24.1. The molecule has 0 aliphatic carbocycles. The van der Waals surface area contributed by atoms with E-state index < -0.39 is 30.3 Å². The van der Waals surface area contributed by atoms with E-state index in [9.17, 15) is 19.5 Å². The summed E-state index contributed by atoms with van der Waals surface area (Å²) in [5.41, 5.74) is 3.51. The van der Waals surface area contributed by atoms with Crippen LogP contribution in [0.25, 0.3) is 0 Å². The number of aliphatic hydroxyl groups excluding tert-OH is 1. The van der Waals surface area contributed by atoms with Crippen LogP contribution in [0.4, 0.5) is 4.79 Å². The average Bonchev–Trinajstić information content (AvgIpc) is 3.59. The lowest BCUT2D eigenvalue weighted by Gasteiger charge is -2.30. The highest BCUT2D eigenvalue weighted by Gasteiger charge is 2.30. The predicted molar refractivity (Wildman–Crippen MR) is 195 cm³/mol. The van der Waals surface area contributed by atoms with Gasteiger partial charge in [-0.05, 0) is 48.8 Å². The van der Waals surface area contributed by atoms with Gasteiger partial charge in [0.1, 0.15) is 12.6 Å². The number of nitrogens with zero attached hydrogens (tertiary/aromatic N) is 2. The van der Waals surface area contributed by atoms with Gasteiger partial charge in [-0.1, -0.05) is 94.4 Å². The first kappa shape index (κ1) is 38.2. The summed E-state index contributed by atoms with van der Waals surface area (Å²) in [6.45, 7) is 7.98. The molecule has 4 N–H and O–H groups in total. The summed E-state index contributed by atoms with van der Waals surface area (Å²) in [5.74, 6) is -0.417. The minimum atomic E-state index is -1.05. The molecule has 2 aromatic carbocycles. The Labute approximate surface area is 299 Å². The lowest BCUT2D eigenvalue weighted by Crippen LogP contribution is -2.54. The van der Waals surface area contributed by atoms with E-state index in [0.717, 1.165) is 27.4 Å². The van der Waals surface area contributed by atoms with Gasteiger partial charge in [-0.15, -0.1) is 11.3 Å². The Morgan fingerprint density at radius 3 is 2.10 bits per heavy atom. The molecule has 266 valence electrons. The standard InChI is InChI=1S/C39H49N5O5S/c1-26(2)36(44-35(46)18-17-31-25-50-38(42-31)27(3)4)37(47)41-32(20-28-12-7-5-8-13-28)22-34(45)33(21-29-14-9-6-10-15-29)43-39(48)49-24-30-16-11-19-40-23-30/h5-16,19,23,25-27,32-34,36,45H,17-18,20-22,24H2,1-4H3,(H,41,47)(H,43,48)(H,44,46)/t32-,33-,34-,36-/m0/s1. The van der Waals surface area contributed by atoms with Gasteiger partial charge < -0.3 is 25.8 Å². The molecule has 2 aromatic heterocycles. The fourth-order valence-electron chi connectivity index (χ4n) is 5.54. The molecule has 0 radical (unpaired) electrons. The van der Waals surface area contributed by atoms with Crippen molar-refractivity contribution in [3.05, 3.63) is 118 Å². The summed E-state index contributed by atoms with van der Waals surface area (Å²) in [6, 6.07) is 20.8. The number of benzene rings is 2. The molecule has 4 aromatic rings. The number of carbonyl (C=O) groups is 3. The maximum atomic E-state index is 13.8. The summed E-state index contributed by atoms with van der Waals surface area (Å²) in [6.07, 6.45) is 3.18. The van der Waals surface area contributed by atoms with Crippen molar-refractivity contribution in [3.8, 4) is 0 Å². The smallest absolute Gasteiger partial charge is 0.407 e. The number of aromatic nitrogens is 2. The number of aryl methyl sites for hydroxylation is 1. The van der Waals surface area contributed by atoms with E-state index in [2.05, 4.69) is 39.8 Å². The first-order valence-electron chi connectivity index (χ1n) is 17.2. The predicted octanol–water partition coefficient (Wildman–Crippen LogP) is 5.75. The largest absolute Gasteiger partial charge is 0.445 e. The van der Waals surface area contributed by atoms with Gasteiger partial charge in [0, 0.05) is 41.7 Å². The van der Waals surface area contributed by atoms with Gasteiger partial charge in [0.2, 0.25) is 11.8 Å². The third kappa shape index (κ3) is 12.7. The number of alkyl carbamates (subject to hydrolysis) is 1. The molecule has 0 saturated carbocycles. The molecule has 3 amide bonds. The van der Waals surface area contributed by atoms with Crippen molar-refractivity contribution in [1.29, 1.82) is 0 Å². The van der Waals surface area contributed by atoms with Crippen molar-refractivity contribution in [1.82, 2.24) is 25.9 Å². The second kappa shape index (κ2) is 19.5. The molecule has 0 bridgehead atoms. The Morgan fingerprint density at radius 2 is 1.50 bits per heavy atom. The lowest BCUT2D eigenvalue weighted by molar-refractivity contribution is -0.130. The second-order valence-electron chi connectivity index (χ2n) is 13.2. The average molecular weight is 700 g/mol. The van der Waals surface area contributed by atoms with Crippen LogP contribution in [-0.2, 0) is 40.2 Å². The van der Waals surface area contributed by atoms with Crippen LogP contribution in [0.15, 0.2) is 90.6 Å². The molecule has 2 heterocycles. The summed E-state index contributed by atoms with van der Waals surface area (Å²) < 4.78 is 5.45. The van der Waals surface area contributed by atoms with Gasteiger partial charge in [-0.25, -0.2) is 9.78 Å². The molecule has 4 rings (SSSR count). The highest BCUT2D eigenvalue weighted by molar-refractivity contribution is 7.09. The number of aliphatic hydroxyl groups is 1. The van der Waals surface area contributed by atoms with Crippen LogP contribution in [0.3, 0.4) is 0 Å². The lowest BCUT2D eigenvalue weighted by atomic mass is 9.93. The van der Waals surface area contributed by atoms with Crippen LogP contribution < -0.4 is 16.0 Å². The maximum absolute atomic E-state index is 13.8. The maximum Gasteiger partial charge on any atom is 0.407 e. The Hall–Kier alpha value is -4.61. The van der Waals surface area contributed by atoms with Gasteiger partial charge in [-0.3, -0.25) is 14.6 Å². The second-order valence-corrected chi connectivity index (χ2v) is 14.1. The Morgan fingerprint density at radius 1 is 0.840 bits per heavy atom. The number of amides is 3. The van der Waals surface area contributed by atoms with Crippen LogP contribution in [0.5, 0.6) is 0 Å². The van der Waals surface area contributed by atoms with Gasteiger partial charge in [0.05, 0.1) is 22.8 Å². The molecule has 11 heteroatoms. The van der Waals surface area contributed by atoms with E-state index in [1.165, 1.54) is 0 Å². The number of pyridine rings is 1.